The minimum atomic E-state index is -4.51. The van der Waals surface area contributed by atoms with E-state index in [4.69, 9.17) is 13.9 Å². The fourth-order valence-corrected chi connectivity index (χ4v) is 2.46. The lowest BCUT2D eigenvalue weighted by Crippen LogP contribution is -2.20. The quantitative estimate of drug-likeness (QED) is 0.510. The first-order chi connectivity index (χ1) is 14.2. The molecule has 3 aromatic rings. The molecule has 1 heterocycles. The summed E-state index contributed by atoms with van der Waals surface area (Å²) in [6.45, 7) is 0.209. The molecule has 0 saturated carbocycles. The molecule has 3 rings (SSSR count). The molecule has 5 nitrogen and oxygen atoms in total. The topological polar surface area (TPSA) is 60.7 Å². The van der Waals surface area contributed by atoms with Gasteiger partial charge in [0.15, 0.2) is 12.4 Å². The molecule has 0 radical (unpaired) electrons. The summed E-state index contributed by atoms with van der Waals surface area (Å²) in [4.78, 5) is 12.4. The average molecular weight is 423 g/mol. The van der Waals surface area contributed by atoms with Crippen molar-refractivity contribution in [3.63, 3.8) is 0 Å². The summed E-state index contributed by atoms with van der Waals surface area (Å²) in [5, 5.41) is 2.48. The molecule has 0 aliphatic heterocycles. The smallest absolute Gasteiger partial charge is 0.422 e. The third-order valence-electron chi connectivity index (χ3n) is 3.86. The fraction of sp³-hybridized carbons (Fsp3) is 0.190. The van der Waals surface area contributed by atoms with Crippen LogP contribution in [0.2, 0.25) is 0 Å². The lowest BCUT2D eigenvalue weighted by molar-refractivity contribution is -0.153. The number of carbonyl (C=O) groups excluding carboxylic acids is 1. The maximum atomic E-state index is 12.9. The molecule has 0 aliphatic rings. The Morgan fingerprint density at radius 2 is 1.77 bits per heavy atom. The van der Waals surface area contributed by atoms with E-state index >= 15 is 0 Å². The molecule has 158 valence electrons. The van der Waals surface area contributed by atoms with Crippen LogP contribution in [-0.2, 0) is 6.61 Å². The number of rotatable bonds is 7. The Hall–Kier alpha value is -3.49. The Labute approximate surface area is 169 Å². The average Bonchev–Trinajstić information content (AvgIpc) is 3.16. The van der Waals surface area contributed by atoms with E-state index in [9.17, 15) is 22.4 Å². The molecule has 1 N–H and O–H groups in total. The Morgan fingerprint density at radius 1 is 1.03 bits per heavy atom. The number of hydrogen-bond acceptors (Lipinski definition) is 4. The highest BCUT2D eigenvalue weighted by molar-refractivity contribution is 6.03. The standard InChI is InChI=1S/C21H17F4NO4/c1-13-2-8-17(19(10-13)29-12-21(23,24)25)26-20(27)18-9-7-16(30-18)11-28-15-5-3-14(22)4-6-15/h2-10H,11-12H2,1H3,(H,26,27). The summed E-state index contributed by atoms with van der Waals surface area (Å²) in [5.74, 6) is -0.466. The van der Waals surface area contributed by atoms with Gasteiger partial charge in [-0.1, -0.05) is 6.07 Å². The number of nitrogens with one attached hydrogen (secondary N) is 1. The van der Waals surface area contributed by atoms with Gasteiger partial charge in [-0.15, -0.1) is 0 Å². The van der Waals surface area contributed by atoms with Crippen molar-refractivity contribution in [2.75, 3.05) is 11.9 Å². The summed E-state index contributed by atoms with van der Waals surface area (Å²) >= 11 is 0. The molecule has 0 aliphatic carbocycles. The maximum Gasteiger partial charge on any atom is 0.422 e. The highest BCUT2D eigenvalue weighted by atomic mass is 19.4. The zero-order chi connectivity index (χ0) is 21.7. The Balaban J connectivity index is 1.64. The second-order valence-corrected chi connectivity index (χ2v) is 6.37. The van der Waals surface area contributed by atoms with Gasteiger partial charge in [-0.25, -0.2) is 4.39 Å². The number of aryl methyl sites for hydroxylation is 1. The maximum absolute atomic E-state index is 12.9. The van der Waals surface area contributed by atoms with Crippen molar-refractivity contribution >= 4 is 11.6 Å². The molecule has 9 heteroatoms. The molecule has 0 bridgehead atoms. The van der Waals surface area contributed by atoms with Crippen molar-refractivity contribution in [1.82, 2.24) is 0 Å². The predicted octanol–water partition coefficient (Wildman–Crippen LogP) is 5.50. The van der Waals surface area contributed by atoms with Crippen molar-refractivity contribution in [3.05, 3.63) is 77.5 Å². The van der Waals surface area contributed by atoms with Crippen LogP contribution in [0.25, 0.3) is 0 Å². The van der Waals surface area contributed by atoms with E-state index in [-0.39, 0.29) is 23.8 Å². The third-order valence-corrected chi connectivity index (χ3v) is 3.86. The van der Waals surface area contributed by atoms with Gasteiger partial charge in [-0.2, -0.15) is 13.2 Å². The van der Waals surface area contributed by atoms with Gasteiger partial charge in [-0.3, -0.25) is 4.79 Å². The number of halogens is 4. The van der Waals surface area contributed by atoms with Crippen LogP contribution in [0.1, 0.15) is 21.9 Å². The van der Waals surface area contributed by atoms with E-state index in [1.807, 2.05) is 0 Å². The van der Waals surface area contributed by atoms with Gasteiger partial charge in [0.1, 0.15) is 29.7 Å². The molecule has 30 heavy (non-hydrogen) atoms. The predicted molar refractivity (Wildman–Crippen MR) is 100 cm³/mol. The van der Waals surface area contributed by atoms with E-state index in [2.05, 4.69) is 5.32 Å². The van der Waals surface area contributed by atoms with Crippen LogP contribution in [0.3, 0.4) is 0 Å². The molecular formula is C21H17F4NO4. The first-order valence-electron chi connectivity index (χ1n) is 8.78. The lowest BCUT2D eigenvalue weighted by Gasteiger charge is -2.14. The van der Waals surface area contributed by atoms with Crippen LogP contribution in [0.15, 0.2) is 59.0 Å². The zero-order valence-electron chi connectivity index (χ0n) is 15.8. The molecule has 0 spiro atoms. The van der Waals surface area contributed by atoms with Gasteiger partial charge in [-0.05, 0) is 61.0 Å². The van der Waals surface area contributed by atoms with Gasteiger partial charge in [0, 0.05) is 0 Å². The molecular weight excluding hydrogens is 406 g/mol. The number of alkyl halides is 3. The van der Waals surface area contributed by atoms with Crippen LogP contribution < -0.4 is 14.8 Å². The lowest BCUT2D eigenvalue weighted by atomic mass is 10.2. The first-order valence-corrected chi connectivity index (χ1v) is 8.78. The van der Waals surface area contributed by atoms with Gasteiger partial charge in [0.2, 0.25) is 0 Å². The summed E-state index contributed by atoms with van der Waals surface area (Å²) in [7, 11) is 0. The van der Waals surface area contributed by atoms with E-state index < -0.39 is 24.5 Å². The minimum Gasteiger partial charge on any atom is -0.486 e. The first kappa shape index (κ1) is 21.2. The SMILES string of the molecule is Cc1ccc(NC(=O)c2ccc(COc3ccc(F)cc3)o2)c(OCC(F)(F)F)c1. The van der Waals surface area contributed by atoms with E-state index in [0.29, 0.717) is 17.1 Å². The van der Waals surface area contributed by atoms with Crippen LogP contribution in [0, 0.1) is 12.7 Å². The number of anilines is 1. The minimum absolute atomic E-state index is 0.00336. The van der Waals surface area contributed by atoms with E-state index in [1.54, 1.807) is 13.0 Å². The normalized spacial score (nSPS) is 11.2. The number of benzene rings is 2. The molecule has 0 atom stereocenters. The monoisotopic (exact) mass is 423 g/mol. The third kappa shape index (κ3) is 6.00. The molecule has 1 aromatic heterocycles. The van der Waals surface area contributed by atoms with Crippen LogP contribution >= 0.6 is 0 Å². The second kappa shape index (κ2) is 8.89. The van der Waals surface area contributed by atoms with Gasteiger partial charge < -0.3 is 19.2 Å². The summed E-state index contributed by atoms with van der Waals surface area (Å²) in [5.41, 5.74) is 0.749. The molecule has 0 unspecified atom stereocenters. The fourth-order valence-electron chi connectivity index (χ4n) is 2.46. The van der Waals surface area contributed by atoms with Crippen molar-refractivity contribution in [2.45, 2.75) is 19.7 Å². The Kier molecular flexibility index (Phi) is 6.29. The van der Waals surface area contributed by atoms with Crippen molar-refractivity contribution in [2.24, 2.45) is 0 Å². The molecule has 0 fully saturated rings. The van der Waals surface area contributed by atoms with Gasteiger partial charge in [0.05, 0.1) is 5.69 Å². The van der Waals surface area contributed by atoms with Crippen molar-refractivity contribution in [1.29, 1.82) is 0 Å². The number of furan rings is 1. The number of hydrogen-bond donors (Lipinski definition) is 1. The summed E-state index contributed by atoms with van der Waals surface area (Å²) in [6.07, 6.45) is -4.51. The van der Waals surface area contributed by atoms with Gasteiger partial charge in [0.25, 0.3) is 5.91 Å². The zero-order valence-corrected chi connectivity index (χ0v) is 15.8. The number of amides is 1. The van der Waals surface area contributed by atoms with Crippen LogP contribution in [-0.4, -0.2) is 18.7 Å². The highest BCUT2D eigenvalue weighted by Crippen LogP contribution is 2.28. The largest absolute Gasteiger partial charge is 0.486 e. The Bertz CT molecular complexity index is 1010. The van der Waals surface area contributed by atoms with Gasteiger partial charge >= 0.3 is 6.18 Å². The number of ether oxygens (including phenoxy) is 2. The number of carbonyl (C=O) groups is 1. The van der Waals surface area contributed by atoms with Crippen molar-refractivity contribution in [3.8, 4) is 11.5 Å². The summed E-state index contributed by atoms with van der Waals surface area (Å²) < 4.78 is 65.9. The van der Waals surface area contributed by atoms with Crippen LogP contribution in [0.4, 0.5) is 23.2 Å². The van der Waals surface area contributed by atoms with E-state index in [1.165, 1.54) is 48.5 Å². The second-order valence-electron chi connectivity index (χ2n) is 6.37. The highest BCUT2D eigenvalue weighted by Gasteiger charge is 2.29. The molecule has 0 saturated heterocycles. The van der Waals surface area contributed by atoms with Crippen LogP contribution in [0.5, 0.6) is 11.5 Å². The molecule has 2 aromatic carbocycles. The molecule has 1 amide bonds. The van der Waals surface area contributed by atoms with E-state index in [0.717, 1.165) is 0 Å². The Morgan fingerprint density at radius 3 is 2.47 bits per heavy atom. The summed E-state index contributed by atoms with van der Waals surface area (Å²) in [6, 6.07) is 12.8. The van der Waals surface area contributed by atoms with Crippen molar-refractivity contribution < 1.29 is 36.2 Å².